The Hall–Kier alpha value is -0.260. The van der Waals surface area contributed by atoms with Crippen molar-refractivity contribution in [2.24, 2.45) is 5.73 Å². The van der Waals surface area contributed by atoms with E-state index in [1.54, 1.807) is 0 Å². The summed E-state index contributed by atoms with van der Waals surface area (Å²) in [6, 6.07) is -0.794. The van der Waals surface area contributed by atoms with E-state index in [0.717, 1.165) is 6.42 Å². The van der Waals surface area contributed by atoms with Gasteiger partial charge in [-0.15, -0.1) is 0 Å². The van der Waals surface area contributed by atoms with E-state index in [-0.39, 0.29) is 6.61 Å². The number of hydrogen-bond donors (Lipinski definition) is 3. The summed E-state index contributed by atoms with van der Waals surface area (Å²) in [5.74, 6) is -0.556. The van der Waals surface area contributed by atoms with Crippen molar-refractivity contribution in [1.29, 1.82) is 0 Å². The summed E-state index contributed by atoms with van der Waals surface area (Å²) in [4.78, 5) is 10.4. The van der Waals surface area contributed by atoms with Crippen LogP contribution < -0.4 is 5.73 Å². The molecule has 4 nitrogen and oxygen atoms in total. The molecule has 5 heteroatoms. The Labute approximate surface area is 82.5 Å². The zero-order chi connectivity index (χ0) is 10.3. The van der Waals surface area contributed by atoms with Crippen molar-refractivity contribution < 1.29 is 15.0 Å². The number of aliphatic carboxylic acids is 1. The van der Waals surface area contributed by atoms with Crippen molar-refractivity contribution in [3.63, 3.8) is 0 Å². The minimum atomic E-state index is -0.966. The molecule has 0 aliphatic rings. The molecule has 0 saturated heterocycles. The predicted octanol–water partition coefficient (Wildman–Crippen LogP) is 0.292. The molecule has 4 N–H and O–H groups in total. The van der Waals surface area contributed by atoms with Crippen LogP contribution in [0.15, 0.2) is 0 Å². The molecular weight excluding hydrogens is 190 g/mol. The second kappa shape index (κ2) is 7.17. The molecule has 0 aliphatic heterocycles. The van der Waals surface area contributed by atoms with Crippen LogP contribution in [0.5, 0.6) is 0 Å². The number of nitrogens with two attached hydrogens (primary N) is 1. The Morgan fingerprint density at radius 3 is 2.62 bits per heavy atom. The van der Waals surface area contributed by atoms with E-state index in [2.05, 4.69) is 0 Å². The summed E-state index contributed by atoms with van der Waals surface area (Å²) < 4.78 is 0. The second-order valence-corrected chi connectivity index (χ2v) is 4.15. The van der Waals surface area contributed by atoms with Crippen LogP contribution in [-0.2, 0) is 4.79 Å². The summed E-state index contributed by atoms with van der Waals surface area (Å²) in [6.07, 6.45) is 1.63. The fourth-order valence-corrected chi connectivity index (χ4v) is 1.99. The minimum absolute atomic E-state index is 0.147. The second-order valence-electron chi connectivity index (χ2n) is 2.82. The Kier molecular flexibility index (Phi) is 7.03. The van der Waals surface area contributed by atoms with Gasteiger partial charge in [0.15, 0.2) is 0 Å². The Morgan fingerprint density at radius 1 is 1.62 bits per heavy atom. The van der Waals surface area contributed by atoms with Crippen molar-refractivity contribution in [2.75, 3.05) is 12.4 Å². The molecule has 0 heterocycles. The van der Waals surface area contributed by atoms with Gasteiger partial charge in [0.1, 0.15) is 6.04 Å². The van der Waals surface area contributed by atoms with E-state index in [1.807, 2.05) is 6.92 Å². The van der Waals surface area contributed by atoms with Gasteiger partial charge in [0.25, 0.3) is 0 Å². The number of carbonyl (C=O) groups is 1. The summed E-state index contributed by atoms with van der Waals surface area (Å²) in [6.45, 7) is 2.16. The highest BCUT2D eigenvalue weighted by Gasteiger charge is 2.14. The van der Waals surface area contributed by atoms with E-state index in [9.17, 15) is 4.79 Å². The largest absolute Gasteiger partial charge is 0.480 e. The lowest BCUT2D eigenvalue weighted by Gasteiger charge is -2.14. The molecular formula is C8H17NO3S. The van der Waals surface area contributed by atoms with E-state index >= 15 is 0 Å². The Balaban J connectivity index is 3.64. The molecule has 2 atom stereocenters. The van der Waals surface area contributed by atoms with Gasteiger partial charge in [-0.3, -0.25) is 4.79 Å². The molecule has 0 aromatic heterocycles. The van der Waals surface area contributed by atoms with Crippen molar-refractivity contribution in [3.05, 3.63) is 0 Å². The molecule has 0 spiro atoms. The van der Waals surface area contributed by atoms with Crippen LogP contribution in [0.1, 0.15) is 19.8 Å². The van der Waals surface area contributed by atoms with Gasteiger partial charge in [0, 0.05) is 17.6 Å². The molecule has 0 rings (SSSR count). The zero-order valence-electron chi connectivity index (χ0n) is 7.77. The number of carboxylic acid groups (broad SMARTS) is 1. The highest BCUT2D eigenvalue weighted by molar-refractivity contribution is 7.99. The van der Waals surface area contributed by atoms with Crippen LogP contribution in [0, 0.1) is 0 Å². The third-order valence-electron chi connectivity index (χ3n) is 1.74. The van der Waals surface area contributed by atoms with E-state index in [4.69, 9.17) is 15.9 Å². The lowest BCUT2D eigenvalue weighted by molar-refractivity contribution is -0.137. The number of aliphatic hydroxyl groups is 1. The first-order chi connectivity index (χ1) is 6.11. The molecule has 78 valence electrons. The highest BCUT2D eigenvalue weighted by Crippen LogP contribution is 2.18. The SMILES string of the molecule is CCC(CCO)SC[C@H](N)C(=O)O. The van der Waals surface area contributed by atoms with Gasteiger partial charge in [0.2, 0.25) is 0 Å². The summed E-state index contributed by atoms with van der Waals surface area (Å²) in [7, 11) is 0. The summed E-state index contributed by atoms with van der Waals surface area (Å²) in [5.41, 5.74) is 5.33. The van der Waals surface area contributed by atoms with E-state index in [0.29, 0.717) is 17.4 Å². The number of carboxylic acids is 1. The normalized spacial score (nSPS) is 15.3. The Bertz CT molecular complexity index is 154. The first kappa shape index (κ1) is 12.7. The fraction of sp³-hybridized carbons (Fsp3) is 0.875. The molecule has 0 fully saturated rings. The van der Waals surface area contributed by atoms with Gasteiger partial charge in [-0.1, -0.05) is 6.92 Å². The molecule has 0 aliphatic carbocycles. The maximum atomic E-state index is 10.4. The number of rotatable bonds is 7. The number of hydrogen-bond acceptors (Lipinski definition) is 4. The van der Waals surface area contributed by atoms with Gasteiger partial charge in [-0.2, -0.15) is 11.8 Å². The molecule has 0 bridgehead atoms. The molecule has 1 unspecified atom stereocenters. The van der Waals surface area contributed by atoms with Crippen LogP contribution in [0.2, 0.25) is 0 Å². The average Bonchev–Trinajstić information content (AvgIpc) is 2.11. The zero-order valence-corrected chi connectivity index (χ0v) is 8.59. The first-order valence-electron chi connectivity index (χ1n) is 4.32. The molecule has 0 radical (unpaired) electrons. The first-order valence-corrected chi connectivity index (χ1v) is 5.37. The van der Waals surface area contributed by atoms with Gasteiger partial charge in [-0.25, -0.2) is 0 Å². The van der Waals surface area contributed by atoms with Crippen LogP contribution in [-0.4, -0.2) is 39.8 Å². The van der Waals surface area contributed by atoms with Crippen LogP contribution in [0.3, 0.4) is 0 Å². The highest BCUT2D eigenvalue weighted by atomic mass is 32.2. The molecule has 0 aromatic carbocycles. The Morgan fingerprint density at radius 2 is 2.23 bits per heavy atom. The third kappa shape index (κ3) is 5.90. The maximum Gasteiger partial charge on any atom is 0.321 e. The quantitative estimate of drug-likeness (QED) is 0.559. The number of aliphatic hydroxyl groups excluding tert-OH is 1. The third-order valence-corrected chi connectivity index (χ3v) is 3.33. The van der Waals surface area contributed by atoms with Crippen LogP contribution >= 0.6 is 11.8 Å². The molecule has 0 aromatic rings. The minimum Gasteiger partial charge on any atom is -0.480 e. The molecule has 13 heavy (non-hydrogen) atoms. The van der Waals surface area contributed by atoms with Crippen LogP contribution in [0.4, 0.5) is 0 Å². The van der Waals surface area contributed by atoms with Gasteiger partial charge in [-0.05, 0) is 12.8 Å². The van der Waals surface area contributed by atoms with Crippen molar-refractivity contribution in [1.82, 2.24) is 0 Å². The van der Waals surface area contributed by atoms with E-state index in [1.165, 1.54) is 11.8 Å². The fourth-order valence-electron chi connectivity index (χ4n) is 0.860. The molecule has 0 amide bonds. The molecule has 0 saturated carbocycles. The van der Waals surface area contributed by atoms with Crippen molar-refractivity contribution in [2.45, 2.75) is 31.1 Å². The standard InChI is InChI=1S/C8H17NO3S/c1-2-6(3-4-10)13-5-7(9)8(11)12/h6-7,10H,2-5,9H2,1H3,(H,11,12)/t6?,7-/m0/s1. The van der Waals surface area contributed by atoms with Gasteiger partial charge < -0.3 is 15.9 Å². The topological polar surface area (TPSA) is 83.5 Å². The van der Waals surface area contributed by atoms with E-state index < -0.39 is 12.0 Å². The van der Waals surface area contributed by atoms with Crippen molar-refractivity contribution in [3.8, 4) is 0 Å². The lowest BCUT2D eigenvalue weighted by atomic mass is 10.2. The predicted molar refractivity (Wildman–Crippen MR) is 53.9 cm³/mol. The lowest BCUT2D eigenvalue weighted by Crippen LogP contribution is -2.33. The average molecular weight is 207 g/mol. The summed E-state index contributed by atoms with van der Waals surface area (Å²) >= 11 is 1.52. The van der Waals surface area contributed by atoms with Gasteiger partial charge >= 0.3 is 5.97 Å². The van der Waals surface area contributed by atoms with Gasteiger partial charge in [0.05, 0.1) is 0 Å². The van der Waals surface area contributed by atoms with Crippen molar-refractivity contribution >= 4 is 17.7 Å². The smallest absolute Gasteiger partial charge is 0.321 e. The number of thioether (sulfide) groups is 1. The monoisotopic (exact) mass is 207 g/mol. The van der Waals surface area contributed by atoms with Crippen LogP contribution in [0.25, 0.3) is 0 Å². The maximum absolute atomic E-state index is 10.4. The summed E-state index contributed by atoms with van der Waals surface area (Å²) in [5, 5.41) is 17.5.